The van der Waals surface area contributed by atoms with Crippen LogP contribution in [0.5, 0.6) is 6.01 Å². The van der Waals surface area contributed by atoms with E-state index in [1.807, 2.05) is 0 Å². The Balaban J connectivity index is 2.05. The van der Waals surface area contributed by atoms with E-state index >= 15 is 0 Å². The number of anilines is 2. The fraction of sp³-hybridized carbons (Fsp3) is 0.769. The van der Waals surface area contributed by atoms with Crippen molar-refractivity contribution in [3.63, 3.8) is 0 Å². The molecule has 1 aliphatic rings. The topological polar surface area (TPSA) is 75.2 Å². The molecule has 1 saturated heterocycles. The van der Waals surface area contributed by atoms with Crippen molar-refractivity contribution in [2.24, 2.45) is 0 Å². The first-order chi connectivity index (χ1) is 9.71. The highest BCUT2D eigenvalue weighted by Gasteiger charge is 2.18. The molecule has 1 unspecified atom stereocenters. The molecule has 0 bridgehead atoms. The molecule has 7 nitrogen and oxygen atoms in total. The Morgan fingerprint density at radius 3 is 2.80 bits per heavy atom. The quantitative estimate of drug-likeness (QED) is 0.811. The second kappa shape index (κ2) is 7.23. The van der Waals surface area contributed by atoms with E-state index in [4.69, 9.17) is 4.74 Å². The van der Waals surface area contributed by atoms with Gasteiger partial charge in [-0.3, -0.25) is 0 Å². The molecule has 1 atom stereocenters. The van der Waals surface area contributed by atoms with Gasteiger partial charge in [-0.1, -0.05) is 6.92 Å². The van der Waals surface area contributed by atoms with Crippen LogP contribution in [-0.2, 0) is 0 Å². The first kappa shape index (κ1) is 14.8. The summed E-state index contributed by atoms with van der Waals surface area (Å²) in [5.74, 6) is 1.14. The van der Waals surface area contributed by atoms with Gasteiger partial charge in [0.2, 0.25) is 11.9 Å². The van der Waals surface area contributed by atoms with Crippen LogP contribution in [-0.4, -0.2) is 59.7 Å². The lowest BCUT2D eigenvalue weighted by Crippen LogP contribution is -2.40. The molecule has 1 aliphatic heterocycles. The second-order valence-electron chi connectivity index (χ2n) is 5.14. The second-order valence-corrected chi connectivity index (χ2v) is 5.14. The molecule has 2 heterocycles. The van der Waals surface area contributed by atoms with Crippen LogP contribution in [0.2, 0.25) is 0 Å². The van der Waals surface area contributed by atoms with Crippen LogP contribution >= 0.6 is 0 Å². The summed E-state index contributed by atoms with van der Waals surface area (Å²) in [5.41, 5.74) is 0. The Labute approximate surface area is 120 Å². The third-order valence-corrected chi connectivity index (χ3v) is 3.29. The van der Waals surface area contributed by atoms with Crippen LogP contribution in [0, 0.1) is 0 Å². The monoisotopic (exact) mass is 280 g/mol. The molecule has 0 radical (unpaired) electrons. The zero-order valence-electron chi connectivity index (χ0n) is 12.5. The molecule has 0 aromatic carbocycles. The number of ether oxygens (including phenoxy) is 1. The van der Waals surface area contributed by atoms with E-state index in [0.29, 0.717) is 23.9 Å². The number of piperidine rings is 1. The van der Waals surface area contributed by atoms with Crippen LogP contribution in [0.25, 0.3) is 0 Å². The first-order valence-corrected chi connectivity index (χ1v) is 7.20. The fourth-order valence-corrected chi connectivity index (χ4v) is 2.29. The lowest BCUT2D eigenvalue weighted by molar-refractivity contribution is 0.260. The zero-order valence-corrected chi connectivity index (χ0v) is 12.5. The Morgan fingerprint density at radius 2 is 2.10 bits per heavy atom. The maximum atomic E-state index is 5.13. The summed E-state index contributed by atoms with van der Waals surface area (Å²) >= 11 is 0. The Morgan fingerprint density at radius 1 is 1.30 bits per heavy atom. The summed E-state index contributed by atoms with van der Waals surface area (Å²) in [6.45, 7) is 5.09. The van der Waals surface area contributed by atoms with Crippen molar-refractivity contribution >= 4 is 11.9 Å². The molecule has 20 heavy (non-hydrogen) atoms. The number of methoxy groups -OCH3 is 1. The van der Waals surface area contributed by atoms with Gasteiger partial charge in [0.05, 0.1) is 7.11 Å². The van der Waals surface area contributed by atoms with Crippen molar-refractivity contribution in [1.29, 1.82) is 0 Å². The van der Waals surface area contributed by atoms with Gasteiger partial charge in [-0.25, -0.2) is 0 Å². The smallest absolute Gasteiger partial charge is 0.322 e. The molecule has 0 amide bonds. The molecule has 2 rings (SSSR count). The van der Waals surface area contributed by atoms with Crippen LogP contribution in [0.4, 0.5) is 11.9 Å². The number of nitrogens with one attached hydrogen (secondary N) is 2. The molecule has 1 aromatic heterocycles. The third kappa shape index (κ3) is 4.19. The number of hydrogen-bond acceptors (Lipinski definition) is 7. The highest BCUT2D eigenvalue weighted by Crippen LogP contribution is 2.15. The normalized spacial score (nSPS) is 19.6. The van der Waals surface area contributed by atoms with Gasteiger partial charge < -0.3 is 20.3 Å². The molecule has 2 N–H and O–H groups in total. The van der Waals surface area contributed by atoms with E-state index in [1.165, 1.54) is 6.42 Å². The van der Waals surface area contributed by atoms with Crippen molar-refractivity contribution in [3.8, 4) is 6.01 Å². The maximum absolute atomic E-state index is 5.13. The number of hydrogen-bond donors (Lipinski definition) is 2. The van der Waals surface area contributed by atoms with E-state index in [9.17, 15) is 0 Å². The average molecular weight is 280 g/mol. The van der Waals surface area contributed by atoms with Crippen LogP contribution in [0.3, 0.4) is 0 Å². The largest absolute Gasteiger partial charge is 0.467 e. The molecule has 1 fully saturated rings. The highest BCUT2D eigenvalue weighted by atomic mass is 16.5. The van der Waals surface area contributed by atoms with E-state index < -0.39 is 0 Å². The van der Waals surface area contributed by atoms with E-state index in [0.717, 1.165) is 32.5 Å². The Hall–Kier alpha value is -1.63. The van der Waals surface area contributed by atoms with Gasteiger partial charge in [0.25, 0.3) is 0 Å². The summed E-state index contributed by atoms with van der Waals surface area (Å²) in [6.07, 6.45) is 3.34. The van der Waals surface area contributed by atoms with Gasteiger partial charge >= 0.3 is 6.01 Å². The standard InChI is InChI=1S/C13H24N6O/c1-4-7-14-11-16-12(18-13(17-11)20-3)15-10-6-5-8-19(2)9-10/h10H,4-9H2,1-3H3,(H2,14,15,16,17,18). The van der Waals surface area contributed by atoms with Gasteiger partial charge in [-0.05, 0) is 32.9 Å². The molecule has 0 aliphatic carbocycles. The number of nitrogens with zero attached hydrogens (tertiary/aromatic N) is 4. The summed E-state index contributed by atoms with van der Waals surface area (Å²) in [5, 5.41) is 6.54. The van der Waals surface area contributed by atoms with Crippen molar-refractivity contribution in [1.82, 2.24) is 19.9 Å². The van der Waals surface area contributed by atoms with Gasteiger partial charge in [-0.15, -0.1) is 0 Å². The molecule has 1 aromatic rings. The van der Waals surface area contributed by atoms with Gasteiger partial charge in [0.15, 0.2) is 0 Å². The van der Waals surface area contributed by atoms with Crippen molar-refractivity contribution in [2.75, 3.05) is 44.4 Å². The van der Waals surface area contributed by atoms with Crippen LogP contribution in [0.15, 0.2) is 0 Å². The minimum Gasteiger partial charge on any atom is -0.467 e. The van der Waals surface area contributed by atoms with Crippen molar-refractivity contribution in [2.45, 2.75) is 32.2 Å². The number of likely N-dealkylation sites (N-methyl/N-ethyl adjacent to an activating group) is 1. The van der Waals surface area contributed by atoms with Crippen molar-refractivity contribution < 1.29 is 4.74 Å². The van der Waals surface area contributed by atoms with Crippen LogP contribution < -0.4 is 15.4 Å². The fourth-order valence-electron chi connectivity index (χ4n) is 2.29. The number of aromatic nitrogens is 3. The number of likely N-dealkylation sites (tertiary alicyclic amines) is 1. The maximum Gasteiger partial charge on any atom is 0.322 e. The summed E-state index contributed by atoms with van der Waals surface area (Å²) < 4.78 is 5.13. The summed E-state index contributed by atoms with van der Waals surface area (Å²) in [7, 11) is 3.70. The molecular formula is C13H24N6O. The Kier molecular flexibility index (Phi) is 5.34. The highest BCUT2D eigenvalue weighted by molar-refractivity contribution is 5.36. The summed E-state index contributed by atoms with van der Waals surface area (Å²) in [4.78, 5) is 15.2. The van der Waals surface area contributed by atoms with Crippen LogP contribution in [0.1, 0.15) is 26.2 Å². The predicted molar refractivity (Wildman–Crippen MR) is 79.3 cm³/mol. The minimum absolute atomic E-state index is 0.338. The minimum atomic E-state index is 0.338. The Bertz CT molecular complexity index is 427. The average Bonchev–Trinajstić information content (AvgIpc) is 2.45. The molecular weight excluding hydrogens is 256 g/mol. The lowest BCUT2D eigenvalue weighted by Gasteiger charge is -2.30. The zero-order chi connectivity index (χ0) is 14.4. The molecule has 112 valence electrons. The van der Waals surface area contributed by atoms with Gasteiger partial charge in [0, 0.05) is 19.1 Å². The van der Waals surface area contributed by atoms with Crippen molar-refractivity contribution in [3.05, 3.63) is 0 Å². The first-order valence-electron chi connectivity index (χ1n) is 7.20. The molecule has 0 spiro atoms. The van der Waals surface area contributed by atoms with Gasteiger partial charge in [-0.2, -0.15) is 15.0 Å². The third-order valence-electron chi connectivity index (χ3n) is 3.29. The van der Waals surface area contributed by atoms with Gasteiger partial charge in [0.1, 0.15) is 0 Å². The molecule has 7 heteroatoms. The SMILES string of the molecule is CCCNc1nc(NC2CCCN(C)C2)nc(OC)n1. The molecule has 0 saturated carbocycles. The van der Waals surface area contributed by atoms with E-state index in [2.05, 4.69) is 44.5 Å². The number of rotatable bonds is 6. The van der Waals surface area contributed by atoms with E-state index in [-0.39, 0.29) is 0 Å². The predicted octanol–water partition coefficient (Wildman–Crippen LogP) is 1.21. The lowest BCUT2D eigenvalue weighted by atomic mass is 10.1. The summed E-state index contributed by atoms with van der Waals surface area (Å²) in [6, 6.07) is 0.713. The van der Waals surface area contributed by atoms with E-state index in [1.54, 1.807) is 7.11 Å².